The summed E-state index contributed by atoms with van der Waals surface area (Å²) in [6.45, 7) is 1.84. The lowest BCUT2D eigenvalue weighted by Gasteiger charge is -1.97. The zero-order chi connectivity index (χ0) is 10.1. The lowest BCUT2D eigenvalue weighted by atomic mass is 10.2. The number of rotatable bonds is 1. The summed E-state index contributed by atoms with van der Waals surface area (Å²) in [7, 11) is 0. The molecule has 2 rings (SSSR count). The molecule has 1 amide bonds. The molecule has 0 unspecified atom stereocenters. The molecular weight excluding hydrogens is 182 g/mol. The van der Waals surface area contributed by atoms with Gasteiger partial charge >= 0.3 is 0 Å². The van der Waals surface area contributed by atoms with Crippen LogP contribution >= 0.6 is 0 Å². The van der Waals surface area contributed by atoms with Gasteiger partial charge in [0.2, 0.25) is 0 Å². The first-order valence-electron chi connectivity index (χ1n) is 4.11. The van der Waals surface area contributed by atoms with E-state index in [1.807, 2.05) is 6.92 Å². The number of nitrogens with zero attached hydrogens (tertiary/aromatic N) is 1. The van der Waals surface area contributed by atoms with Crippen LogP contribution in [0, 0.1) is 6.92 Å². The summed E-state index contributed by atoms with van der Waals surface area (Å²) in [6, 6.07) is 4.97. The molecule has 72 valence electrons. The third-order valence-corrected chi connectivity index (χ3v) is 1.96. The van der Waals surface area contributed by atoms with Crippen LogP contribution < -0.4 is 5.48 Å². The molecule has 0 bridgehead atoms. The highest BCUT2D eigenvalue weighted by Crippen LogP contribution is 2.13. The lowest BCUT2D eigenvalue weighted by Crippen LogP contribution is -2.18. The number of carbonyl (C=O) groups is 1. The quantitative estimate of drug-likeness (QED) is 0.464. The second-order valence-electron chi connectivity index (χ2n) is 3.00. The number of amides is 1. The Kier molecular flexibility index (Phi) is 1.94. The van der Waals surface area contributed by atoms with Crippen molar-refractivity contribution in [2.24, 2.45) is 0 Å². The van der Waals surface area contributed by atoms with E-state index in [0.29, 0.717) is 5.56 Å². The minimum Gasteiger partial charge on any atom is -0.342 e. The largest absolute Gasteiger partial charge is 0.342 e. The maximum absolute atomic E-state index is 11.1. The lowest BCUT2D eigenvalue weighted by molar-refractivity contribution is 0.0706. The molecule has 0 aliphatic heterocycles. The molecule has 1 aromatic carbocycles. The number of hydrogen-bond acceptors (Lipinski definition) is 3. The van der Waals surface area contributed by atoms with E-state index in [-0.39, 0.29) is 0 Å². The van der Waals surface area contributed by atoms with Crippen LogP contribution in [0.1, 0.15) is 16.2 Å². The van der Waals surface area contributed by atoms with Crippen molar-refractivity contribution in [2.45, 2.75) is 6.92 Å². The first-order chi connectivity index (χ1) is 6.70. The van der Waals surface area contributed by atoms with Crippen LogP contribution in [-0.2, 0) is 0 Å². The van der Waals surface area contributed by atoms with Gasteiger partial charge in [-0.1, -0.05) is 0 Å². The monoisotopic (exact) mass is 191 g/mol. The van der Waals surface area contributed by atoms with Crippen LogP contribution in [-0.4, -0.2) is 21.1 Å². The Morgan fingerprint density at radius 2 is 2.36 bits per heavy atom. The Balaban J connectivity index is 2.55. The molecule has 5 nitrogen and oxygen atoms in total. The van der Waals surface area contributed by atoms with Gasteiger partial charge < -0.3 is 4.98 Å². The first kappa shape index (κ1) is 8.71. The average Bonchev–Trinajstić information content (AvgIpc) is 2.55. The molecule has 0 spiro atoms. The first-order valence-corrected chi connectivity index (χ1v) is 4.11. The Hall–Kier alpha value is -1.88. The van der Waals surface area contributed by atoms with Crippen LogP contribution in [0.15, 0.2) is 18.2 Å². The van der Waals surface area contributed by atoms with Gasteiger partial charge in [0.05, 0.1) is 11.0 Å². The zero-order valence-electron chi connectivity index (χ0n) is 7.53. The van der Waals surface area contributed by atoms with Crippen molar-refractivity contribution in [3.8, 4) is 0 Å². The average molecular weight is 191 g/mol. The highest BCUT2D eigenvalue weighted by molar-refractivity contribution is 5.96. The van der Waals surface area contributed by atoms with Gasteiger partial charge in [-0.15, -0.1) is 0 Å². The van der Waals surface area contributed by atoms with Crippen molar-refractivity contribution in [2.75, 3.05) is 0 Å². The second-order valence-corrected chi connectivity index (χ2v) is 3.00. The molecule has 5 heteroatoms. The number of hydroxylamine groups is 1. The summed E-state index contributed by atoms with van der Waals surface area (Å²) >= 11 is 0. The Bertz CT molecular complexity index is 490. The highest BCUT2D eigenvalue weighted by Gasteiger charge is 2.06. The molecular formula is C9H9N3O2. The number of imidazole rings is 1. The fraction of sp³-hybridized carbons (Fsp3) is 0.111. The maximum atomic E-state index is 11.1. The van der Waals surface area contributed by atoms with E-state index < -0.39 is 5.91 Å². The molecule has 0 aliphatic carbocycles. The maximum Gasteiger partial charge on any atom is 0.274 e. The summed E-state index contributed by atoms with van der Waals surface area (Å²) in [6.07, 6.45) is 0. The SMILES string of the molecule is Cc1nc2ccc(C(=O)NO)cc2[nH]1. The number of carbonyl (C=O) groups excluding carboxylic acids is 1. The number of aromatic amines is 1. The number of aryl methyl sites for hydroxylation is 1. The molecule has 1 aromatic heterocycles. The van der Waals surface area contributed by atoms with E-state index in [1.165, 1.54) is 0 Å². The molecule has 3 N–H and O–H groups in total. The van der Waals surface area contributed by atoms with Crippen molar-refractivity contribution >= 4 is 16.9 Å². The zero-order valence-corrected chi connectivity index (χ0v) is 7.53. The number of H-pyrrole nitrogens is 1. The number of nitrogens with one attached hydrogen (secondary N) is 2. The second kappa shape index (κ2) is 3.12. The van der Waals surface area contributed by atoms with Crippen LogP contribution in [0.4, 0.5) is 0 Å². The number of aromatic nitrogens is 2. The highest BCUT2D eigenvalue weighted by atomic mass is 16.5. The fourth-order valence-corrected chi connectivity index (χ4v) is 1.34. The van der Waals surface area contributed by atoms with Crippen molar-refractivity contribution in [3.63, 3.8) is 0 Å². The van der Waals surface area contributed by atoms with Crippen LogP contribution in [0.2, 0.25) is 0 Å². The topological polar surface area (TPSA) is 78.0 Å². The summed E-state index contributed by atoms with van der Waals surface area (Å²) < 4.78 is 0. The molecule has 0 saturated heterocycles. The van der Waals surface area contributed by atoms with E-state index in [4.69, 9.17) is 5.21 Å². The molecule has 0 radical (unpaired) electrons. The Morgan fingerprint density at radius 1 is 1.57 bits per heavy atom. The number of benzene rings is 1. The van der Waals surface area contributed by atoms with E-state index >= 15 is 0 Å². The molecule has 0 atom stereocenters. The predicted molar refractivity (Wildman–Crippen MR) is 50.1 cm³/mol. The smallest absolute Gasteiger partial charge is 0.274 e. The van der Waals surface area contributed by atoms with Gasteiger partial charge in [0.15, 0.2) is 0 Å². The van der Waals surface area contributed by atoms with E-state index in [9.17, 15) is 4.79 Å². The van der Waals surface area contributed by atoms with Gasteiger partial charge in [0.1, 0.15) is 5.82 Å². The van der Waals surface area contributed by atoms with Gasteiger partial charge in [-0.2, -0.15) is 0 Å². The number of fused-ring (bicyclic) bond motifs is 1. The van der Waals surface area contributed by atoms with Crippen LogP contribution in [0.25, 0.3) is 11.0 Å². The third kappa shape index (κ3) is 1.33. The predicted octanol–water partition coefficient (Wildman–Crippen LogP) is 0.990. The van der Waals surface area contributed by atoms with Crippen LogP contribution in [0.5, 0.6) is 0 Å². The van der Waals surface area contributed by atoms with Gasteiger partial charge in [0, 0.05) is 5.56 Å². The van der Waals surface area contributed by atoms with Gasteiger partial charge in [-0.3, -0.25) is 10.0 Å². The molecule has 0 saturated carbocycles. The Labute approximate surface area is 79.7 Å². The summed E-state index contributed by atoms with van der Waals surface area (Å²) in [5, 5.41) is 8.44. The Morgan fingerprint density at radius 3 is 3.07 bits per heavy atom. The standard InChI is InChI=1S/C9H9N3O2/c1-5-10-7-3-2-6(9(13)12-14)4-8(7)11-5/h2-4,14H,1H3,(H,10,11)(H,12,13). The van der Waals surface area contributed by atoms with Crippen molar-refractivity contribution < 1.29 is 10.0 Å². The fourth-order valence-electron chi connectivity index (χ4n) is 1.34. The molecule has 2 aromatic rings. The minimum atomic E-state index is -0.529. The van der Waals surface area contributed by atoms with Crippen molar-refractivity contribution in [1.29, 1.82) is 0 Å². The van der Waals surface area contributed by atoms with Gasteiger partial charge in [-0.25, -0.2) is 10.5 Å². The van der Waals surface area contributed by atoms with Crippen molar-refractivity contribution in [1.82, 2.24) is 15.4 Å². The van der Waals surface area contributed by atoms with Gasteiger partial charge in [-0.05, 0) is 25.1 Å². The third-order valence-electron chi connectivity index (χ3n) is 1.96. The molecule has 0 aliphatic rings. The summed E-state index contributed by atoms with van der Waals surface area (Å²) in [4.78, 5) is 18.3. The van der Waals surface area contributed by atoms with Gasteiger partial charge in [0.25, 0.3) is 5.91 Å². The summed E-state index contributed by atoms with van der Waals surface area (Å²) in [5.74, 6) is 0.265. The number of hydrogen-bond donors (Lipinski definition) is 3. The molecule has 1 heterocycles. The molecule has 14 heavy (non-hydrogen) atoms. The molecule has 0 fully saturated rings. The minimum absolute atomic E-state index is 0.392. The van der Waals surface area contributed by atoms with E-state index in [1.54, 1.807) is 23.7 Å². The van der Waals surface area contributed by atoms with E-state index in [2.05, 4.69) is 9.97 Å². The van der Waals surface area contributed by atoms with E-state index in [0.717, 1.165) is 16.9 Å². The van der Waals surface area contributed by atoms with Crippen molar-refractivity contribution in [3.05, 3.63) is 29.6 Å². The van der Waals surface area contributed by atoms with Crippen LogP contribution in [0.3, 0.4) is 0 Å². The normalized spacial score (nSPS) is 10.4. The summed E-state index contributed by atoms with van der Waals surface area (Å²) in [5.41, 5.74) is 3.56.